The summed E-state index contributed by atoms with van der Waals surface area (Å²) in [5.74, 6) is 0.514. The number of aryl methyl sites for hydroxylation is 1. The van der Waals surface area contributed by atoms with Gasteiger partial charge in [0.15, 0.2) is 5.16 Å². The maximum absolute atomic E-state index is 12.0. The van der Waals surface area contributed by atoms with Gasteiger partial charge < -0.3 is 11.1 Å². The van der Waals surface area contributed by atoms with Crippen molar-refractivity contribution in [1.82, 2.24) is 25.3 Å². The number of nitrogens with one attached hydrogen (secondary N) is 2. The molecule has 1 aliphatic rings. The molecule has 1 saturated carbocycles. The summed E-state index contributed by atoms with van der Waals surface area (Å²) in [6, 6.07) is 3.38. The van der Waals surface area contributed by atoms with E-state index in [-0.39, 0.29) is 35.1 Å². The fourth-order valence-electron chi connectivity index (χ4n) is 2.58. The number of hydrogen-bond donors (Lipinski definition) is 3. The fourth-order valence-corrected chi connectivity index (χ4v) is 3.26. The van der Waals surface area contributed by atoms with E-state index in [9.17, 15) is 9.59 Å². The molecule has 0 spiro atoms. The Balaban J connectivity index is 1.45. The van der Waals surface area contributed by atoms with Crippen molar-refractivity contribution in [2.45, 2.75) is 36.9 Å². The number of carbonyl (C=O) groups is 1. The highest BCUT2D eigenvalue weighted by Gasteiger charge is 2.32. The zero-order chi connectivity index (χ0) is 17.1. The lowest BCUT2D eigenvalue weighted by atomic mass is 9.78. The highest BCUT2D eigenvalue weighted by Crippen LogP contribution is 2.35. The molecule has 0 saturated heterocycles. The fraction of sp³-hybridized carbons (Fsp3) is 0.400. The summed E-state index contributed by atoms with van der Waals surface area (Å²) in [7, 11) is 0. The Labute approximate surface area is 142 Å². The number of H-pyrrole nitrogens is 1. The first-order valence-electron chi connectivity index (χ1n) is 7.58. The molecule has 1 fully saturated rings. The molecule has 0 unspecified atom stereocenters. The van der Waals surface area contributed by atoms with Crippen LogP contribution in [0.1, 0.15) is 30.1 Å². The number of hydrogen-bond acceptors (Lipinski definition) is 7. The van der Waals surface area contributed by atoms with Crippen LogP contribution in [-0.4, -0.2) is 37.6 Å². The van der Waals surface area contributed by atoms with Crippen LogP contribution in [0.3, 0.4) is 0 Å². The Kier molecular flexibility index (Phi) is 4.79. The quantitative estimate of drug-likeness (QED) is 0.534. The molecule has 0 aromatic carbocycles. The van der Waals surface area contributed by atoms with Gasteiger partial charge in [0.2, 0.25) is 11.9 Å². The second-order valence-electron chi connectivity index (χ2n) is 5.76. The van der Waals surface area contributed by atoms with Gasteiger partial charge in [0.25, 0.3) is 5.56 Å². The maximum Gasteiger partial charge on any atom is 0.252 e. The third-order valence-electron chi connectivity index (χ3n) is 3.81. The van der Waals surface area contributed by atoms with Crippen LogP contribution >= 0.6 is 11.8 Å². The molecule has 24 heavy (non-hydrogen) atoms. The molecule has 3 rings (SSSR count). The number of carbonyl (C=O) groups excluding carboxylic acids is 1. The second kappa shape index (κ2) is 7.00. The molecule has 8 nitrogen and oxygen atoms in total. The van der Waals surface area contributed by atoms with Gasteiger partial charge in [0, 0.05) is 29.9 Å². The van der Waals surface area contributed by atoms with Crippen LogP contribution in [0.2, 0.25) is 0 Å². The van der Waals surface area contributed by atoms with Crippen LogP contribution in [0.25, 0.3) is 0 Å². The molecule has 2 heterocycles. The molecule has 0 radical (unpaired) electrons. The Morgan fingerprint density at radius 3 is 2.96 bits per heavy atom. The highest BCUT2D eigenvalue weighted by atomic mass is 32.2. The first-order valence-corrected chi connectivity index (χ1v) is 8.56. The van der Waals surface area contributed by atoms with E-state index in [1.165, 1.54) is 17.8 Å². The van der Waals surface area contributed by atoms with Gasteiger partial charge in [-0.1, -0.05) is 11.8 Å². The molecule has 0 bridgehead atoms. The van der Waals surface area contributed by atoms with E-state index in [2.05, 4.69) is 25.3 Å². The van der Waals surface area contributed by atoms with Gasteiger partial charge in [-0.25, -0.2) is 15.0 Å². The Bertz CT molecular complexity index is 803. The molecule has 9 heteroatoms. The zero-order valence-corrected chi connectivity index (χ0v) is 14.0. The number of amides is 1. The van der Waals surface area contributed by atoms with E-state index in [4.69, 9.17) is 5.73 Å². The monoisotopic (exact) mass is 346 g/mol. The lowest BCUT2D eigenvalue weighted by Gasteiger charge is -2.35. The minimum absolute atomic E-state index is 0.0491. The van der Waals surface area contributed by atoms with E-state index >= 15 is 0 Å². The van der Waals surface area contributed by atoms with Crippen LogP contribution in [0.15, 0.2) is 28.3 Å². The zero-order valence-electron chi connectivity index (χ0n) is 13.2. The largest absolute Gasteiger partial charge is 0.369 e. The minimum Gasteiger partial charge on any atom is -0.369 e. The number of rotatable bonds is 5. The molecule has 4 N–H and O–H groups in total. The smallest absolute Gasteiger partial charge is 0.252 e. The lowest BCUT2D eigenvalue weighted by Crippen LogP contribution is -2.44. The van der Waals surface area contributed by atoms with Crippen LogP contribution < -0.4 is 16.6 Å². The topological polar surface area (TPSA) is 127 Å². The SMILES string of the molecule is Cc1ccnc(SCC(=O)NC2CC(c3cc(=O)[nH]c(N)n3)C2)n1. The molecule has 0 atom stereocenters. The number of nitrogen functional groups attached to an aromatic ring is 1. The predicted molar refractivity (Wildman–Crippen MR) is 90.7 cm³/mol. The third kappa shape index (κ3) is 4.10. The Hall–Kier alpha value is -2.42. The summed E-state index contributed by atoms with van der Waals surface area (Å²) in [4.78, 5) is 38.3. The molecular weight excluding hydrogens is 328 g/mol. The maximum atomic E-state index is 12.0. The van der Waals surface area contributed by atoms with Crippen LogP contribution in [0.4, 0.5) is 5.95 Å². The van der Waals surface area contributed by atoms with Gasteiger partial charge in [0.1, 0.15) is 0 Å². The molecular formula is C15H18N6O2S. The number of nitrogens with zero attached hydrogens (tertiary/aromatic N) is 3. The van der Waals surface area contributed by atoms with Gasteiger partial charge in [-0.2, -0.15) is 0 Å². The Morgan fingerprint density at radius 1 is 1.46 bits per heavy atom. The summed E-state index contributed by atoms with van der Waals surface area (Å²) < 4.78 is 0. The van der Waals surface area contributed by atoms with Crippen molar-refractivity contribution in [3.8, 4) is 0 Å². The molecule has 1 amide bonds. The minimum atomic E-state index is -0.250. The standard InChI is InChI=1S/C15H18N6O2S/c1-8-2-3-17-15(18-8)24-7-13(23)19-10-4-9(5-10)11-6-12(22)21-14(16)20-11/h2-3,6,9-10H,4-5,7H2,1H3,(H,19,23)(H3,16,20,21,22). The normalized spacial score (nSPS) is 19.5. The lowest BCUT2D eigenvalue weighted by molar-refractivity contribution is -0.119. The average Bonchev–Trinajstić information content (AvgIpc) is 2.47. The molecule has 1 aliphatic carbocycles. The predicted octanol–water partition coefficient (Wildman–Crippen LogP) is 0.605. The van der Waals surface area contributed by atoms with Crippen molar-refractivity contribution in [1.29, 1.82) is 0 Å². The molecule has 2 aromatic rings. The number of aromatic amines is 1. The van der Waals surface area contributed by atoms with Crippen molar-refractivity contribution in [2.75, 3.05) is 11.5 Å². The van der Waals surface area contributed by atoms with E-state index in [1.807, 2.05) is 13.0 Å². The average molecular weight is 346 g/mol. The highest BCUT2D eigenvalue weighted by molar-refractivity contribution is 7.99. The first kappa shape index (κ1) is 16.4. The summed E-state index contributed by atoms with van der Waals surface area (Å²) in [5, 5.41) is 3.57. The van der Waals surface area contributed by atoms with Gasteiger partial charge >= 0.3 is 0 Å². The molecule has 126 valence electrons. The molecule has 0 aliphatic heterocycles. The van der Waals surface area contributed by atoms with Gasteiger partial charge in [-0.05, 0) is 25.8 Å². The number of thioether (sulfide) groups is 1. The summed E-state index contributed by atoms with van der Waals surface area (Å²) in [5.41, 5.74) is 6.85. The summed E-state index contributed by atoms with van der Waals surface area (Å²) >= 11 is 1.31. The van der Waals surface area contributed by atoms with E-state index in [0.29, 0.717) is 10.9 Å². The first-order chi connectivity index (χ1) is 11.5. The van der Waals surface area contributed by atoms with Crippen LogP contribution in [-0.2, 0) is 4.79 Å². The number of aromatic nitrogens is 4. The van der Waals surface area contributed by atoms with Crippen molar-refractivity contribution in [2.24, 2.45) is 0 Å². The van der Waals surface area contributed by atoms with Crippen molar-refractivity contribution in [3.05, 3.63) is 40.1 Å². The van der Waals surface area contributed by atoms with Gasteiger partial charge in [-0.3, -0.25) is 14.6 Å². The van der Waals surface area contributed by atoms with Crippen molar-refractivity contribution in [3.63, 3.8) is 0 Å². The van der Waals surface area contributed by atoms with Gasteiger partial charge in [-0.15, -0.1) is 0 Å². The van der Waals surface area contributed by atoms with Crippen molar-refractivity contribution < 1.29 is 4.79 Å². The van der Waals surface area contributed by atoms with Crippen molar-refractivity contribution >= 4 is 23.6 Å². The Morgan fingerprint density at radius 2 is 2.25 bits per heavy atom. The number of nitrogens with two attached hydrogens (primary N) is 1. The van der Waals surface area contributed by atoms with E-state index in [0.717, 1.165) is 18.5 Å². The van der Waals surface area contributed by atoms with Gasteiger partial charge in [0.05, 0.1) is 11.4 Å². The van der Waals surface area contributed by atoms with E-state index in [1.54, 1.807) is 6.20 Å². The second-order valence-corrected chi connectivity index (χ2v) is 6.70. The van der Waals surface area contributed by atoms with Crippen LogP contribution in [0.5, 0.6) is 0 Å². The number of anilines is 1. The third-order valence-corrected chi connectivity index (χ3v) is 4.67. The summed E-state index contributed by atoms with van der Waals surface area (Å²) in [6.07, 6.45) is 3.19. The van der Waals surface area contributed by atoms with E-state index < -0.39 is 0 Å². The van der Waals surface area contributed by atoms with Crippen LogP contribution in [0, 0.1) is 6.92 Å². The molecule has 2 aromatic heterocycles. The summed E-state index contributed by atoms with van der Waals surface area (Å²) in [6.45, 7) is 1.88.